The van der Waals surface area contributed by atoms with Crippen LogP contribution >= 0.6 is 22.9 Å². The number of thiophene rings is 1. The molecule has 2 nitrogen and oxygen atoms in total. The zero-order chi connectivity index (χ0) is 12.1. The third-order valence-electron chi connectivity index (χ3n) is 2.76. The number of hydrogen-bond donors (Lipinski definition) is 0. The molecule has 1 aromatic rings. The van der Waals surface area contributed by atoms with Crippen molar-refractivity contribution in [1.29, 1.82) is 0 Å². The van der Waals surface area contributed by atoms with Gasteiger partial charge in [-0.1, -0.05) is 25.4 Å². The van der Waals surface area contributed by atoms with Crippen LogP contribution in [-0.4, -0.2) is 16.2 Å². The highest BCUT2D eigenvalue weighted by atomic mass is 35.5. The summed E-state index contributed by atoms with van der Waals surface area (Å²) in [7, 11) is -1.13. The number of rotatable bonds is 1. The molecule has 2 rings (SSSR count). The highest BCUT2D eigenvalue weighted by molar-refractivity contribution is 7.86. The Hall–Kier alpha value is -0.190. The van der Waals surface area contributed by atoms with E-state index in [1.807, 2.05) is 0 Å². The van der Waals surface area contributed by atoms with Gasteiger partial charge in [0.05, 0.1) is 15.1 Å². The molecule has 5 heteroatoms. The van der Waals surface area contributed by atoms with Gasteiger partial charge in [-0.25, -0.2) is 0 Å². The van der Waals surface area contributed by atoms with Gasteiger partial charge in [0.1, 0.15) is 4.21 Å². The molecule has 88 valence electrons. The van der Waals surface area contributed by atoms with Gasteiger partial charge in [0.2, 0.25) is 0 Å². The van der Waals surface area contributed by atoms with Crippen molar-refractivity contribution in [3.8, 4) is 0 Å². The summed E-state index contributed by atoms with van der Waals surface area (Å²) in [5.74, 6) is 0.0830. The molecule has 0 saturated heterocycles. The summed E-state index contributed by atoms with van der Waals surface area (Å²) in [6, 6.07) is 0. The lowest BCUT2D eigenvalue weighted by molar-refractivity contribution is 0.0910. The number of fused-ring (bicyclic) bond motifs is 1. The molecule has 0 fully saturated rings. The Kier molecular flexibility index (Phi) is 3.01. The van der Waals surface area contributed by atoms with Gasteiger partial charge in [0, 0.05) is 18.2 Å². The van der Waals surface area contributed by atoms with E-state index in [1.165, 1.54) is 11.3 Å². The number of ketones is 1. The van der Waals surface area contributed by atoms with Crippen LogP contribution in [-0.2, 0) is 17.2 Å². The Morgan fingerprint density at radius 3 is 2.56 bits per heavy atom. The maximum absolute atomic E-state index is 12.1. The van der Waals surface area contributed by atoms with E-state index in [-0.39, 0.29) is 11.2 Å². The lowest BCUT2D eigenvalue weighted by atomic mass is 9.75. The average molecular weight is 277 g/mol. The van der Waals surface area contributed by atoms with Crippen LogP contribution in [0.4, 0.5) is 0 Å². The highest BCUT2D eigenvalue weighted by Crippen LogP contribution is 2.44. The van der Waals surface area contributed by atoms with Crippen LogP contribution in [0.25, 0.3) is 0 Å². The molecule has 0 saturated carbocycles. The van der Waals surface area contributed by atoms with Crippen LogP contribution in [0.1, 0.15) is 36.2 Å². The molecular weight excluding hydrogens is 264 g/mol. The van der Waals surface area contributed by atoms with Crippen LogP contribution in [0, 0.1) is 5.41 Å². The summed E-state index contributed by atoms with van der Waals surface area (Å²) in [6.45, 7) is 4.12. The number of Topliss-reactive ketones (excluding diaryl/α,β-unsaturated/α-hetero) is 1. The van der Waals surface area contributed by atoms with Gasteiger partial charge in [-0.2, -0.15) is 0 Å². The first-order valence-corrected chi connectivity index (χ1v) is 7.75. The molecular formula is C11H13ClO2S2. The van der Waals surface area contributed by atoms with Crippen molar-refractivity contribution in [2.75, 3.05) is 6.26 Å². The number of hydrogen-bond acceptors (Lipinski definition) is 3. The minimum atomic E-state index is -1.13. The van der Waals surface area contributed by atoms with Gasteiger partial charge < -0.3 is 0 Å². The fourth-order valence-corrected chi connectivity index (χ4v) is 4.70. The smallest absolute Gasteiger partial charge is 0.165 e. The molecule has 0 aromatic carbocycles. The molecule has 0 radical (unpaired) electrons. The maximum Gasteiger partial charge on any atom is 0.165 e. The molecule has 1 aliphatic rings. The molecule has 1 aromatic heterocycles. The second-order valence-corrected chi connectivity index (χ2v) is 8.11. The maximum atomic E-state index is 12.1. The second-order valence-electron chi connectivity index (χ2n) is 4.91. The van der Waals surface area contributed by atoms with E-state index in [2.05, 4.69) is 13.8 Å². The predicted molar refractivity (Wildman–Crippen MR) is 68.1 cm³/mol. The van der Waals surface area contributed by atoms with Crippen LogP contribution in [0.5, 0.6) is 0 Å². The van der Waals surface area contributed by atoms with Gasteiger partial charge in [0.15, 0.2) is 5.78 Å². The van der Waals surface area contributed by atoms with Crippen molar-refractivity contribution < 1.29 is 9.00 Å². The number of carbonyl (C=O) groups is 1. The zero-order valence-corrected chi connectivity index (χ0v) is 11.8. The Morgan fingerprint density at radius 2 is 2.00 bits per heavy atom. The van der Waals surface area contributed by atoms with Gasteiger partial charge >= 0.3 is 0 Å². The SMILES string of the molecule is C[S@@](=O)c1sc(Cl)c2c1C(=O)CC(C)(C)C2. The molecule has 0 aliphatic heterocycles. The van der Waals surface area contributed by atoms with Crippen molar-refractivity contribution in [2.24, 2.45) is 5.41 Å². The van der Waals surface area contributed by atoms with Crippen LogP contribution in [0.2, 0.25) is 4.34 Å². The summed E-state index contributed by atoms with van der Waals surface area (Å²) >= 11 is 7.42. The van der Waals surface area contributed by atoms with E-state index >= 15 is 0 Å². The third kappa shape index (κ3) is 1.98. The molecule has 1 heterocycles. The van der Waals surface area contributed by atoms with Crippen molar-refractivity contribution in [3.05, 3.63) is 15.5 Å². The van der Waals surface area contributed by atoms with Crippen molar-refractivity contribution in [3.63, 3.8) is 0 Å². The Morgan fingerprint density at radius 1 is 1.38 bits per heavy atom. The normalized spacial score (nSPS) is 20.6. The van der Waals surface area contributed by atoms with Crippen LogP contribution in [0.3, 0.4) is 0 Å². The molecule has 0 N–H and O–H groups in total. The summed E-state index contributed by atoms with van der Waals surface area (Å²) in [5, 5.41) is 0. The Balaban J connectivity index is 2.62. The minimum absolute atomic E-state index is 0.0404. The minimum Gasteiger partial charge on any atom is -0.294 e. The van der Waals surface area contributed by atoms with Crippen LogP contribution in [0.15, 0.2) is 4.21 Å². The van der Waals surface area contributed by atoms with E-state index in [0.717, 1.165) is 12.0 Å². The van der Waals surface area contributed by atoms with Gasteiger partial charge in [0.25, 0.3) is 0 Å². The number of carbonyl (C=O) groups excluding carboxylic acids is 1. The van der Waals surface area contributed by atoms with Crippen LogP contribution < -0.4 is 0 Å². The third-order valence-corrected chi connectivity index (χ3v) is 5.71. The Labute approximate surface area is 106 Å². The predicted octanol–water partition coefficient (Wildman–Crippen LogP) is 3.29. The molecule has 0 bridgehead atoms. The summed E-state index contributed by atoms with van der Waals surface area (Å²) < 4.78 is 12.8. The van der Waals surface area contributed by atoms with Gasteiger partial charge in [-0.15, -0.1) is 11.3 Å². The molecule has 0 amide bonds. The quantitative estimate of drug-likeness (QED) is 0.789. The van der Waals surface area contributed by atoms with E-state index in [1.54, 1.807) is 6.26 Å². The molecule has 1 atom stereocenters. The first-order valence-electron chi connectivity index (χ1n) is 4.99. The average Bonchev–Trinajstić information content (AvgIpc) is 2.42. The molecule has 0 unspecified atom stereocenters. The number of halogens is 1. The van der Waals surface area contributed by atoms with E-state index in [9.17, 15) is 9.00 Å². The second kappa shape index (κ2) is 3.93. The lowest BCUT2D eigenvalue weighted by Gasteiger charge is -2.28. The Bertz CT molecular complexity index is 488. The van der Waals surface area contributed by atoms with E-state index in [0.29, 0.717) is 20.5 Å². The van der Waals surface area contributed by atoms with Gasteiger partial charge in [-0.3, -0.25) is 9.00 Å². The zero-order valence-electron chi connectivity index (χ0n) is 9.43. The van der Waals surface area contributed by atoms with E-state index < -0.39 is 10.8 Å². The fourth-order valence-electron chi connectivity index (χ4n) is 2.12. The lowest BCUT2D eigenvalue weighted by Crippen LogP contribution is -2.26. The summed E-state index contributed by atoms with van der Waals surface area (Å²) in [6.07, 6.45) is 2.90. The molecule has 0 spiro atoms. The first-order chi connectivity index (χ1) is 7.32. The first kappa shape index (κ1) is 12.3. The summed E-state index contributed by atoms with van der Waals surface area (Å²) in [4.78, 5) is 12.1. The fraction of sp³-hybridized carbons (Fsp3) is 0.545. The monoisotopic (exact) mass is 276 g/mol. The standard InChI is InChI=1S/C11H13ClO2S2/c1-11(2)4-6-8(7(13)5-11)10(16(3)14)15-9(6)12/h4-5H2,1-3H3/t16-/m1/s1. The van der Waals surface area contributed by atoms with Crippen molar-refractivity contribution in [1.82, 2.24) is 0 Å². The largest absolute Gasteiger partial charge is 0.294 e. The van der Waals surface area contributed by atoms with Gasteiger partial charge in [-0.05, 0) is 17.4 Å². The topological polar surface area (TPSA) is 34.1 Å². The molecule has 1 aliphatic carbocycles. The highest BCUT2D eigenvalue weighted by Gasteiger charge is 2.36. The van der Waals surface area contributed by atoms with Crippen molar-refractivity contribution >= 4 is 39.5 Å². The molecule has 16 heavy (non-hydrogen) atoms. The van der Waals surface area contributed by atoms with E-state index in [4.69, 9.17) is 11.6 Å². The summed E-state index contributed by atoms with van der Waals surface area (Å²) in [5.41, 5.74) is 1.50. The van der Waals surface area contributed by atoms with Crippen molar-refractivity contribution in [2.45, 2.75) is 30.9 Å².